The molecule has 0 aliphatic carbocycles. The third-order valence-corrected chi connectivity index (χ3v) is 3.96. The molecule has 0 bridgehead atoms. The number of nitrogens with zero attached hydrogens (tertiary/aromatic N) is 3. The molecule has 2 heterocycles. The monoisotopic (exact) mass is 277 g/mol. The van der Waals surface area contributed by atoms with Crippen molar-refractivity contribution in [1.29, 1.82) is 0 Å². The summed E-state index contributed by atoms with van der Waals surface area (Å²) >= 11 is 0. The zero-order chi connectivity index (χ0) is 14.3. The minimum atomic E-state index is -0.476. The summed E-state index contributed by atoms with van der Waals surface area (Å²) in [5.74, 6) is -0.952. The summed E-state index contributed by atoms with van der Waals surface area (Å²) in [4.78, 5) is 2.06. The molecule has 2 aromatic rings. The smallest absolute Gasteiger partial charge is 0.130 e. The maximum Gasteiger partial charge on any atom is 0.130 e. The molecule has 5 heteroatoms. The van der Waals surface area contributed by atoms with Crippen molar-refractivity contribution in [1.82, 2.24) is 14.7 Å². The minimum absolute atomic E-state index is 0.155. The average Bonchev–Trinajstić information content (AvgIpc) is 2.73. The third-order valence-electron chi connectivity index (χ3n) is 3.96. The van der Waals surface area contributed by atoms with E-state index in [1.165, 1.54) is 18.2 Å². The first-order valence-corrected chi connectivity index (χ1v) is 6.75. The van der Waals surface area contributed by atoms with E-state index in [0.717, 1.165) is 18.7 Å². The Morgan fingerprint density at radius 2 is 1.90 bits per heavy atom. The largest absolute Gasteiger partial charge is 0.292 e. The van der Waals surface area contributed by atoms with Crippen molar-refractivity contribution in [3.63, 3.8) is 0 Å². The molecule has 3 rings (SSSR count). The van der Waals surface area contributed by atoms with Gasteiger partial charge < -0.3 is 0 Å². The molecule has 1 aliphatic heterocycles. The highest BCUT2D eigenvalue weighted by Crippen LogP contribution is 2.33. The van der Waals surface area contributed by atoms with Crippen molar-refractivity contribution in [3.05, 3.63) is 53.4 Å². The van der Waals surface area contributed by atoms with Gasteiger partial charge in [-0.05, 0) is 31.5 Å². The van der Waals surface area contributed by atoms with E-state index >= 15 is 0 Å². The maximum atomic E-state index is 13.8. The molecule has 3 nitrogen and oxygen atoms in total. The highest BCUT2D eigenvalue weighted by molar-refractivity contribution is 5.23. The van der Waals surface area contributed by atoms with Crippen molar-refractivity contribution in [2.75, 3.05) is 13.1 Å². The molecule has 1 fully saturated rings. The van der Waals surface area contributed by atoms with Crippen LogP contribution >= 0.6 is 0 Å². The Hall–Kier alpha value is -1.75. The lowest BCUT2D eigenvalue weighted by Crippen LogP contribution is -2.49. The summed E-state index contributed by atoms with van der Waals surface area (Å²) < 4.78 is 29.4. The minimum Gasteiger partial charge on any atom is -0.292 e. The quantitative estimate of drug-likeness (QED) is 0.859. The van der Waals surface area contributed by atoms with Crippen LogP contribution in [0.2, 0.25) is 0 Å². The Bertz CT molecular complexity index is 597. The second kappa shape index (κ2) is 4.98. The molecule has 1 saturated heterocycles. The molecule has 0 amide bonds. The third kappa shape index (κ3) is 2.22. The summed E-state index contributed by atoms with van der Waals surface area (Å²) in [7, 11) is 0. The highest BCUT2D eigenvalue weighted by Gasteiger charge is 2.34. The Morgan fingerprint density at radius 3 is 2.45 bits per heavy atom. The standard InChI is InChI=1S/C15H17F2N3/c1-10-6-18-20(7-10)12-8-19(9-12)11(2)15-13(16)4-3-5-14(15)17/h3-7,11-12H,8-9H2,1-2H3. The fraction of sp³-hybridized carbons (Fsp3) is 0.400. The van der Waals surface area contributed by atoms with Crippen molar-refractivity contribution in [2.24, 2.45) is 0 Å². The fourth-order valence-electron chi connectivity index (χ4n) is 2.70. The van der Waals surface area contributed by atoms with Gasteiger partial charge in [-0.15, -0.1) is 0 Å². The first-order chi connectivity index (χ1) is 9.56. The van der Waals surface area contributed by atoms with E-state index in [0.29, 0.717) is 6.04 Å². The molecule has 1 aromatic carbocycles. The number of halogens is 2. The van der Waals surface area contributed by atoms with Crippen molar-refractivity contribution in [2.45, 2.75) is 25.9 Å². The lowest BCUT2D eigenvalue weighted by molar-refractivity contribution is 0.0566. The Morgan fingerprint density at radius 1 is 1.25 bits per heavy atom. The number of hydrogen-bond acceptors (Lipinski definition) is 2. The van der Waals surface area contributed by atoms with Gasteiger partial charge >= 0.3 is 0 Å². The van der Waals surface area contributed by atoms with Gasteiger partial charge in [0.1, 0.15) is 11.6 Å². The predicted molar refractivity (Wildman–Crippen MR) is 72.3 cm³/mol. The molecule has 1 atom stereocenters. The molecular weight excluding hydrogens is 260 g/mol. The van der Waals surface area contributed by atoms with Gasteiger partial charge in [-0.2, -0.15) is 5.10 Å². The maximum absolute atomic E-state index is 13.8. The van der Waals surface area contributed by atoms with Crippen LogP contribution in [0.25, 0.3) is 0 Å². The van der Waals surface area contributed by atoms with E-state index in [-0.39, 0.29) is 11.6 Å². The molecule has 1 aliphatic rings. The molecule has 0 saturated carbocycles. The average molecular weight is 277 g/mol. The Labute approximate surface area is 116 Å². The number of benzene rings is 1. The van der Waals surface area contributed by atoms with E-state index in [2.05, 4.69) is 10.00 Å². The van der Waals surface area contributed by atoms with Crippen LogP contribution in [0.5, 0.6) is 0 Å². The van der Waals surface area contributed by atoms with Crippen molar-refractivity contribution in [3.8, 4) is 0 Å². The van der Waals surface area contributed by atoms with Gasteiger partial charge in [0.15, 0.2) is 0 Å². The van der Waals surface area contributed by atoms with Gasteiger partial charge in [0.2, 0.25) is 0 Å². The number of rotatable bonds is 3. The van der Waals surface area contributed by atoms with Crippen LogP contribution < -0.4 is 0 Å². The number of hydrogen-bond donors (Lipinski definition) is 0. The second-order valence-corrected chi connectivity index (χ2v) is 5.42. The van der Waals surface area contributed by atoms with E-state index in [4.69, 9.17) is 0 Å². The van der Waals surface area contributed by atoms with E-state index in [1.54, 1.807) is 0 Å². The predicted octanol–water partition coefficient (Wildman–Crippen LogP) is 3.09. The van der Waals surface area contributed by atoms with E-state index in [9.17, 15) is 8.78 Å². The molecular formula is C15H17F2N3. The van der Waals surface area contributed by atoms with Gasteiger partial charge in [0, 0.05) is 30.9 Å². The van der Waals surface area contributed by atoms with Gasteiger partial charge in [-0.25, -0.2) is 8.78 Å². The first kappa shape index (κ1) is 13.2. The zero-order valence-electron chi connectivity index (χ0n) is 11.6. The summed E-state index contributed by atoms with van der Waals surface area (Å²) in [5, 5.41) is 4.28. The number of aryl methyl sites for hydroxylation is 1. The summed E-state index contributed by atoms with van der Waals surface area (Å²) in [6.07, 6.45) is 3.82. The fourth-order valence-corrected chi connectivity index (χ4v) is 2.70. The van der Waals surface area contributed by atoms with E-state index in [1.807, 2.05) is 30.9 Å². The zero-order valence-corrected chi connectivity index (χ0v) is 11.6. The topological polar surface area (TPSA) is 21.1 Å². The van der Waals surface area contributed by atoms with Crippen molar-refractivity contribution < 1.29 is 8.78 Å². The summed E-state index contributed by atoms with van der Waals surface area (Å²) in [5.41, 5.74) is 1.28. The second-order valence-electron chi connectivity index (χ2n) is 5.42. The van der Waals surface area contributed by atoms with Crippen LogP contribution in [0.1, 0.15) is 30.1 Å². The van der Waals surface area contributed by atoms with Crippen LogP contribution in [0.4, 0.5) is 8.78 Å². The lowest BCUT2D eigenvalue weighted by Gasteiger charge is -2.43. The van der Waals surface area contributed by atoms with E-state index < -0.39 is 11.6 Å². The van der Waals surface area contributed by atoms with Crippen LogP contribution in [-0.4, -0.2) is 27.8 Å². The van der Waals surface area contributed by atoms with Crippen molar-refractivity contribution >= 4 is 0 Å². The Kier molecular flexibility index (Phi) is 3.30. The molecule has 1 unspecified atom stereocenters. The SMILES string of the molecule is Cc1cnn(C2CN(C(C)c3c(F)cccc3F)C2)c1. The summed E-state index contributed by atoms with van der Waals surface area (Å²) in [6, 6.07) is 4.04. The molecule has 0 spiro atoms. The van der Waals surface area contributed by atoms with Crippen LogP contribution in [-0.2, 0) is 0 Å². The van der Waals surface area contributed by atoms with Gasteiger partial charge in [-0.1, -0.05) is 6.07 Å². The number of aromatic nitrogens is 2. The molecule has 20 heavy (non-hydrogen) atoms. The van der Waals surface area contributed by atoms with Crippen LogP contribution in [0.15, 0.2) is 30.6 Å². The molecule has 106 valence electrons. The number of likely N-dealkylation sites (tertiary alicyclic amines) is 1. The van der Waals surface area contributed by atoms with Gasteiger partial charge in [-0.3, -0.25) is 9.58 Å². The first-order valence-electron chi connectivity index (χ1n) is 6.75. The molecule has 0 N–H and O–H groups in total. The Balaban J connectivity index is 1.70. The normalized spacial score (nSPS) is 18.0. The van der Waals surface area contributed by atoms with Crippen LogP contribution in [0.3, 0.4) is 0 Å². The lowest BCUT2D eigenvalue weighted by atomic mass is 9.99. The highest BCUT2D eigenvalue weighted by atomic mass is 19.1. The molecule has 0 radical (unpaired) electrons. The van der Waals surface area contributed by atoms with Gasteiger partial charge in [0.25, 0.3) is 0 Å². The van der Waals surface area contributed by atoms with Gasteiger partial charge in [0.05, 0.1) is 12.2 Å². The summed E-state index contributed by atoms with van der Waals surface area (Å²) in [6.45, 7) is 5.36. The molecule has 1 aromatic heterocycles. The van der Waals surface area contributed by atoms with Crippen LogP contribution in [0, 0.1) is 18.6 Å².